The molecule has 0 aliphatic rings. The summed E-state index contributed by atoms with van der Waals surface area (Å²) in [5.74, 6) is 1.64. The summed E-state index contributed by atoms with van der Waals surface area (Å²) in [6, 6.07) is 12.1. The normalized spacial score (nSPS) is 11.1. The molecule has 9 heteroatoms. The Bertz CT molecular complexity index is 1060. The van der Waals surface area contributed by atoms with E-state index in [0.717, 1.165) is 52.3 Å². The first kappa shape index (κ1) is 18.3. The van der Waals surface area contributed by atoms with E-state index in [0.29, 0.717) is 0 Å². The summed E-state index contributed by atoms with van der Waals surface area (Å²) in [6.45, 7) is 2.82. The van der Waals surface area contributed by atoms with Crippen molar-refractivity contribution in [3.8, 4) is 22.6 Å². The molecule has 0 aliphatic heterocycles. The van der Waals surface area contributed by atoms with Crippen LogP contribution in [0.2, 0.25) is 0 Å². The van der Waals surface area contributed by atoms with Crippen molar-refractivity contribution >= 4 is 11.8 Å². The predicted octanol–water partition coefficient (Wildman–Crippen LogP) is 2.89. The average molecular weight is 392 g/mol. The van der Waals surface area contributed by atoms with Gasteiger partial charge in [0.1, 0.15) is 5.82 Å². The zero-order chi connectivity index (χ0) is 19.3. The lowest BCUT2D eigenvalue weighted by Gasteiger charge is -2.10. The molecule has 0 fully saturated rings. The SMILES string of the molecule is CCc1nccc(-c2c(-c3ccccc3)ncn2CCSc2nnnn2C)n1. The topological polar surface area (TPSA) is 87.2 Å². The Morgan fingerprint density at radius 2 is 1.93 bits per heavy atom. The lowest BCUT2D eigenvalue weighted by atomic mass is 10.1. The molecule has 0 unspecified atom stereocenters. The molecule has 0 saturated heterocycles. The highest BCUT2D eigenvalue weighted by Gasteiger charge is 2.17. The number of aromatic nitrogens is 8. The Balaban J connectivity index is 1.67. The first-order valence-electron chi connectivity index (χ1n) is 9.04. The minimum atomic E-state index is 0.762. The molecule has 142 valence electrons. The van der Waals surface area contributed by atoms with Crippen molar-refractivity contribution < 1.29 is 0 Å². The highest BCUT2D eigenvalue weighted by atomic mass is 32.2. The van der Waals surface area contributed by atoms with E-state index in [9.17, 15) is 0 Å². The third kappa shape index (κ3) is 3.79. The van der Waals surface area contributed by atoms with Crippen molar-refractivity contribution in [3.63, 3.8) is 0 Å². The van der Waals surface area contributed by atoms with Gasteiger partial charge in [-0.3, -0.25) is 0 Å². The molecule has 0 bridgehead atoms. The molecule has 0 aliphatic carbocycles. The van der Waals surface area contributed by atoms with E-state index in [2.05, 4.69) is 44.1 Å². The molecular weight excluding hydrogens is 372 g/mol. The Morgan fingerprint density at radius 3 is 2.68 bits per heavy atom. The zero-order valence-electron chi connectivity index (χ0n) is 15.7. The number of hydrogen-bond donors (Lipinski definition) is 0. The van der Waals surface area contributed by atoms with Crippen LogP contribution in [0, 0.1) is 0 Å². The quantitative estimate of drug-likeness (QED) is 0.447. The van der Waals surface area contributed by atoms with Crippen LogP contribution >= 0.6 is 11.8 Å². The molecule has 0 radical (unpaired) electrons. The van der Waals surface area contributed by atoms with E-state index in [1.54, 1.807) is 16.4 Å². The van der Waals surface area contributed by atoms with Crippen LogP contribution in [0.3, 0.4) is 0 Å². The Kier molecular flexibility index (Phi) is 5.43. The summed E-state index contributed by atoms with van der Waals surface area (Å²) in [7, 11) is 1.84. The number of imidazole rings is 1. The van der Waals surface area contributed by atoms with Gasteiger partial charge in [-0.05, 0) is 16.5 Å². The smallest absolute Gasteiger partial charge is 0.209 e. The Morgan fingerprint density at radius 1 is 1.07 bits per heavy atom. The van der Waals surface area contributed by atoms with Gasteiger partial charge in [0.15, 0.2) is 0 Å². The van der Waals surface area contributed by atoms with Crippen molar-refractivity contribution in [2.24, 2.45) is 7.05 Å². The van der Waals surface area contributed by atoms with Gasteiger partial charge in [-0.2, -0.15) is 0 Å². The number of hydrogen-bond acceptors (Lipinski definition) is 7. The second kappa shape index (κ2) is 8.30. The van der Waals surface area contributed by atoms with Crippen LogP contribution in [-0.2, 0) is 20.0 Å². The number of rotatable bonds is 7. The van der Waals surface area contributed by atoms with Gasteiger partial charge >= 0.3 is 0 Å². The van der Waals surface area contributed by atoms with Gasteiger partial charge in [0, 0.05) is 37.5 Å². The van der Waals surface area contributed by atoms with E-state index in [4.69, 9.17) is 9.97 Å². The average Bonchev–Trinajstić information content (AvgIpc) is 3.35. The first-order chi connectivity index (χ1) is 13.8. The zero-order valence-corrected chi connectivity index (χ0v) is 16.5. The number of benzene rings is 1. The van der Waals surface area contributed by atoms with Gasteiger partial charge in [-0.25, -0.2) is 19.6 Å². The van der Waals surface area contributed by atoms with Gasteiger partial charge in [-0.1, -0.05) is 49.0 Å². The lowest BCUT2D eigenvalue weighted by Crippen LogP contribution is -2.05. The summed E-state index contributed by atoms with van der Waals surface area (Å²) in [6.07, 6.45) is 4.48. The molecule has 0 atom stereocenters. The number of thioether (sulfide) groups is 1. The fourth-order valence-electron chi connectivity index (χ4n) is 2.91. The molecule has 4 aromatic rings. The third-order valence-corrected chi connectivity index (χ3v) is 5.28. The highest BCUT2D eigenvalue weighted by Crippen LogP contribution is 2.30. The van der Waals surface area contributed by atoms with Crippen molar-refractivity contribution in [2.45, 2.75) is 25.0 Å². The first-order valence-corrected chi connectivity index (χ1v) is 10.0. The maximum Gasteiger partial charge on any atom is 0.209 e. The predicted molar refractivity (Wildman–Crippen MR) is 108 cm³/mol. The highest BCUT2D eigenvalue weighted by molar-refractivity contribution is 7.99. The van der Waals surface area contributed by atoms with Crippen LogP contribution < -0.4 is 0 Å². The lowest BCUT2D eigenvalue weighted by molar-refractivity contribution is 0.663. The van der Waals surface area contributed by atoms with Gasteiger partial charge < -0.3 is 4.57 Å². The molecule has 0 spiro atoms. The van der Waals surface area contributed by atoms with Gasteiger partial charge in [0.2, 0.25) is 5.16 Å². The summed E-state index contributed by atoms with van der Waals surface area (Å²) >= 11 is 1.61. The summed E-state index contributed by atoms with van der Waals surface area (Å²) < 4.78 is 3.81. The molecule has 8 nitrogen and oxygen atoms in total. The van der Waals surface area contributed by atoms with Crippen LogP contribution in [0.5, 0.6) is 0 Å². The maximum absolute atomic E-state index is 4.74. The van der Waals surface area contributed by atoms with Crippen molar-refractivity contribution in [1.29, 1.82) is 0 Å². The molecule has 3 aromatic heterocycles. The molecule has 1 aromatic carbocycles. The number of aryl methyl sites for hydroxylation is 3. The Hall–Kier alpha value is -3.07. The van der Waals surface area contributed by atoms with E-state index >= 15 is 0 Å². The maximum atomic E-state index is 4.74. The summed E-state index contributed by atoms with van der Waals surface area (Å²) in [4.78, 5) is 13.8. The summed E-state index contributed by atoms with van der Waals surface area (Å²) in [5.41, 5.74) is 3.87. The van der Waals surface area contributed by atoms with Crippen LogP contribution in [-0.4, -0.2) is 45.5 Å². The van der Waals surface area contributed by atoms with E-state index < -0.39 is 0 Å². The van der Waals surface area contributed by atoms with E-state index in [-0.39, 0.29) is 0 Å². The summed E-state index contributed by atoms with van der Waals surface area (Å²) in [5, 5.41) is 12.4. The molecule has 3 heterocycles. The second-order valence-electron chi connectivity index (χ2n) is 6.15. The van der Waals surface area contributed by atoms with Gasteiger partial charge in [0.05, 0.1) is 23.4 Å². The Labute approximate surface area is 167 Å². The molecular formula is C19H20N8S. The second-order valence-corrected chi connectivity index (χ2v) is 7.21. The molecule has 28 heavy (non-hydrogen) atoms. The van der Waals surface area contributed by atoms with E-state index in [1.807, 2.05) is 43.8 Å². The standard InChI is InChI=1S/C19H20N8S/c1-3-16-20-10-9-15(22-16)18-17(14-7-5-4-6-8-14)21-13-27(18)11-12-28-19-23-24-25-26(19)2/h4-10,13H,3,11-12H2,1-2H3. The molecule has 0 amide bonds. The van der Waals surface area contributed by atoms with Crippen molar-refractivity contribution in [2.75, 3.05) is 5.75 Å². The fourth-order valence-corrected chi connectivity index (χ4v) is 3.70. The minimum absolute atomic E-state index is 0.762. The van der Waals surface area contributed by atoms with Gasteiger partial charge in [-0.15, -0.1) is 5.10 Å². The van der Waals surface area contributed by atoms with Crippen LogP contribution in [0.1, 0.15) is 12.7 Å². The number of tetrazole rings is 1. The monoisotopic (exact) mass is 392 g/mol. The molecule has 4 rings (SSSR count). The van der Waals surface area contributed by atoms with E-state index in [1.165, 1.54) is 0 Å². The third-order valence-electron chi connectivity index (χ3n) is 4.29. The van der Waals surface area contributed by atoms with Crippen LogP contribution in [0.4, 0.5) is 0 Å². The largest absolute Gasteiger partial charge is 0.328 e. The fraction of sp³-hybridized carbons (Fsp3) is 0.263. The van der Waals surface area contributed by atoms with Crippen LogP contribution in [0.25, 0.3) is 22.6 Å². The number of nitrogens with zero attached hydrogens (tertiary/aromatic N) is 8. The van der Waals surface area contributed by atoms with Gasteiger partial charge in [0.25, 0.3) is 0 Å². The van der Waals surface area contributed by atoms with Crippen molar-refractivity contribution in [3.05, 3.63) is 54.7 Å². The van der Waals surface area contributed by atoms with Crippen molar-refractivity contribution in [1.82, 2.24) is 39.7 Å². The van der Waals surface area contributed by atoms with Crippen LogP contribution in [0.15, 0.2) is 54.1 Å². The minimum Gasteiger partial charge on any atom is -0.328 e. The molecule has 0 saturated carbocycles. The molecule has 0 N–H and O–H groups in total.